The first-order valence-corrected chi connectivity index (χ1v) is 12.6. The maximum atomic E-state index is 13.2. The van der Waals surface area contributed by atoms with Crippen molar-refractivity contribution in [1.82, 2.24) is 4.31 Å². The number of nitrogens with zero attached hydrogens (tertiary/aromatic N) is 3. The molecule has 0 aromatic heterocycles. The maximum absolute atomic E-state index is 13.2. The Labute approximate surface area is 182 Å². The van der Waals surface area contributed by atoms with Gasteiger partial charge in [0.05, 0.1) is 9.82 Å². The zero-order valence-corrected chi connectivity index (χ0v) is 18.4. The highest BCUT2D eigenvalue weighted by Gasteiger charge is 2.46. The predicted molar refractivity (Wildman–Crippen MR) is 116 cm³/mol. The van der Waals surface area contributed by atoms with E-state index in [0.717, 1.165) is 57.4 Å². The number of amides is 1. The number of nitrogens with two attached hydrogens (primary N) is 1. The van der Waals surface area contributed by atoms with Gasteiger partial charge >= 0.3 is 0 Å². The van der Waals surface area contributed by atoms with Crippen LogP contribution in [0.2, 0.25) is 0 Å². The van der Waals surface area contributed by atoms with E-state index in [1.807, 2.05) is 0 Å². The van der Waals surface area contributed by atoms with Crippen molar-refractivity contribution in [2.45, 2.75) is 74.8 Å². The molecule has 2 aliphatic heterocycles. The third kappa shape index (κ3) is 4.15. The smallest absolute Gasteiger partial charge is 0.293 e. The van der Waals surface area contributed by atoms with Crippen LogP contribution in [-0.2, 0) is 14.8 Å². The highest BCUT2D eigenvalue weighted by molar-refractivity contribution is 7.89. The summed E-state index contributed by atoms with van der Waals surface area (Å²) in [6, 6.07) is 3.49. The lowest BCUT2D eigenvalue weighted by Gasteiger charge is -2.34. The Kier molecular flexibility index (Phi) is 6.20. The fourth-order valence-corrected chi connectivity index (χ4v) is 7.06. The van der Waals surface area contributed by atoms with E-state index < -0.39 is 26.9 Å². The molecule has 1 aromatic rings. The topological polar surface area (TPSA) is 127 Å². The van der Waals surface area contributed by atoms with Crippen molar-refractivity contribution in [1.29, 1.82) is 0 Å². The van der Waals surface area contributed by atoms with Gasteiger partial charge in [0.1, 0.15) is 11.7 Å². The van der Waals surface area contributed by atoms with Gasteiger partial charge in [0.25, 0.3) is 5.69 Å². The van der Waals surface area contributed by atoms with E-state index in [-0.39, 0.29) is 28.2 Å². The van der Waals surface area contributed by atoms with Crippen LogP contribution in [0.25, 0.3) is 0 Å². The predicted octanol–water partition coefficient (Wildman–Crippen LogP) is 2.78. The van der Waals surface area contributed by atoms with Crippen molar-refractivity contribution >= 4 is 27.3 Å². The first-order valence-electron chi connectivity index (χ1n) is 11.2. The SMILES string of the molecule is NC(=O)[C@@H]1C[C@H]2CCCC[C@@H]2N1c1ccc(S(=O)(=O)N2CCCCCC2)cc1[N+](=O)[O-]. The van der Waals surface area contributed by atoms with Gasteiger partial charge < -0.3 is 10.6 Å². The average molecular weight is 451 g/mol. The third-order valence-electron chi connectivity index (χ3n) is 7.04. The van der Waals surface area contributed by atoms with E-state index >= 15 is 0 Å². The van der Waals surface area contributed by atoms with Crippen LogP contribution in [0.1, 0.15) is 57.8 Å². The Morgan fingerprint density at radius 2 is 1.74 bits per heavy atom. The summed E-state index contributed by atoms with van der Waals surface area (Å²) in [7, 11) is -3.82. The van der Waals surface area contributed by atoms with Crippen molar-refractivity contribution in [3.63, 3.8) is 0 Å². The monoisotopic (exact) mass is 450 g/mol. The summed E-state index contributed by atoms with van der Waals surface area (Å²) in [5.41, 5.74) is 5.67. The van der Waals surface area contributed by atoms with Gasteiger partial charge in [-0.15, -0.1) is 0 Å². The van der Waals surface area contributed by atoms with Crippen LogP contribution in [0.15, 0.2) is 23.1 Å². The minimum Gasteiger partial charge on any atom is -0.368 e. The lowest BCUT2D eigenvalue weighted by Crippen LogP contribution is -2.45. The Morgan fingerprint density at radius 1 is 1.06 bits per heavy atom. The van der Waals surface area contributed by atoms with E-state index in [9.17, 15) is 23.3 Å². The largest absolute Gasteiger partial charge is 0.368 e. The van der Waals surface area contributed by atoms with Crippen molar-refractivity contribution in [3.8, 4) is 0 Å². The zero-order chi connectivity index (χ0) is 22.2. The molecule has 3 aliphatic rings. The van der Waals surface area contributed by atoms with Crippen LogP contribution in [0.4, 0.5) is 11.4 Å². The van der Waals surface area contributed by atoms with Gasteiger partial charge in [0, 0.05) is 25.2 Å². The lowest BCUT2D eigenvalue weighted by atomic mass is 9.84. The number of sulfonamides is 1. The number of rotatable bonds is 5. The van der Waals surface area contributed by atoms with Gasteiger partial charge in [-0.3, -0.25) is 14.9 Å². The summed E-state index contributed by atoms with van der Waals surface area (Å²) in [5.74, 6) is -0.226. The number of benzene rings is 1. The van der Waals surface area contributed by atoms with Crippen molar-refractivity contribution < 1.29 is 18.1 Å². The van der Waals surface area contributed by atoms with Crippen LogP contribution in [0.3, 0.4) is 0 Å². The zero-order valence-electron chi connectivity index (χ0n) is 17.6. The number of carbonyl (C=O) groups excluding carboxylic acids is 1. The highest BCUT2D eigenvalue weighted by atomic mass is 32.2. The minimum absolute atomic E-state index is 0.0121. The van der Waals surface area contributed by atoms with Crippen molar-refractivity contribution in [3.05, 3.63) is 28.3 Å². The van der Waals surface area contributed by atoms with Crippen molar-refractivity contribution in [2.24, 2.45) is 11.7 Å². The van der Waals surface area contributed by atoms with E-state index in [1.165, 1.54) is 16.4 Å². The molecule has 2 heterocycles. The first kappa shape index (κ1) is 22.0. The molecule has 0 spiro atoms. The number of fused-ring (bicyclic) bond motifs is 1. The van der Waals surface area contributed by atoms with Gasteiger partial charge in [0.15, 0.2) is 0 Å². The van der Waals surface area contributed by atoms with E-state index in [4.69, 9.17) is 5.73 Å². The Balaban J connectivity index is 1.74. The number of hydrogen-bond acceptors (Lipinski definition) is 6. The molecule has 1 aliphatic carbocycles. The molecule has 3 fully saturated rings. The van der Waals surface area contributed by atoms with Crippen LogP contribution in [0.5, 0.6) is 0 Å². The first-order chi connectivity index (χ1) is 14.8. The summed E-state index contributed by atoms with van der Waals surface area (Å²) in [6.45, 7) is 0.856. The van der Waals surface area contributed by atoms with Gasteiger partial charge in [-0.1, -0.05) is 25.7 Å². The van der Waals surface area contributed by atoms with Crippen LogP contribution < -0.4 is 10.6 Å². The lowest BCUT2D eigenvalue weighted by molar-refractivity contribution is -0.384. The van der Waals surface area contributed by atoms with Gasteiger partial charge in [-0.25, -0.2) is 8.42 Å². The highest BCUT2D eigenvalue weighted by Crippen LogP contribution is 2.45. The number of nitro benzene ring substituents is 1. The standard InChI is InChI=1S/C21H30N4O5S/c22-21(26)20-13-15-7-3-4-8-17(15)24(20)18-10-9-16(14-19(18)25(27)28)31(29,30)23-11-5-1-2-6-12-23/h9-10,14-15,17,20H,1-8,11-13H2,(H2,22,26)/t15-,17+,20+/m1/s1. The minimum atomic E-state index is -3.82. The second-order valence-electron chi connectivity index (χ2n) is 8.90. The van der Waals surface area contributed by atoms with Gasteiger partial charge in [0.2, 0.25) is 15.9 Å². The molecular weight excluding hydrogens is 420 g/mol. The molecular formula is C21H30N4O5S. The summed E-state index contributed by atoms with van der Waals surface area (Å²) in [4.78, 5) is 25.3. The molecule has 0 unspecified atom stereocenters. The van der Waals surface area contributed by atoms with Crippen LogP contribution in [0, 0.1) is 16.0 Å². The van der Waals surface area contributed by atoms with Gasteiger partial charge in [-0.2, -0.15) is 4.31 Å². The molecule has 9 nitrogen and oxygen atoms in total. The number of hydrogen-bond donors (Lipinski definition) is 1. The van der Waals surface area contributed by atoms with Crippen LogP contribution in [-0.4, -0.2) is 48.7 Å². The summed E-state index contributed by atoms with van der Waals surface area (Å²) >= 11 is 0. The van der Waals surface area contributed by atoms with Gasteiger partial charge in [-0.05, 0) is 50.2 Å². The van der Waals surface area contributed by atoms with E-state index in [0.29, 0.717) is 19.5 Å². The number of nitro groups is 1. The number of anilines is 1. The molecule has 1 amide bonds. The molecule has 0 bridgehead atoms. The third-order valence-corrected chi connectivity index (χ3v) is 8.94. The van der Waals surface area contributed by atoms with E-state index in [2.05, 4.69) is 0 Å². The number of carbonyl (C=O) groups is 1. The molecule has 3 atom stereocenters. The number of primary amides is 1. The fraction of sp³-hybridized carbons (Fsp3) is 0.667. The molecule has 2 saturated heterocycles. The molecule has 4 rings (SSSR count). The molecule has 31 heavy (non-hydrogen) atoms. The Hall–Kier alpha value is -2.20. The molecule has 0 radical (unpaired) electrons. The normalized spacial score (nSPS) is 27.5. The summed E-state index contributed by atoms with van der Waals surface area (Å²) in [6.07, 6.45) is 8.03. The summed E-state index contributed by atoms with van der Waals surface area (Å²) in [5, 5.41) is 12.0. The van der Waals surface area contributed by atoms with E-state index in [1.54, 1.807) is 4.90 Å². The molecule has 1 saturated carbocycles. The molecule has 170 valence electrons. The second-order valence-corrected chi connectivity index (χ2v) is 10.8. The molecule has 10 heteroatoms. The Morgan fingerprint density at radius 3 is 2.39 bits per heavy atom. The fourth-order valence-electron chi connectivity index (χ4n) is 5.52. The van der Waals surface area contributed by atoms with Crippen LogP contribution >= 0.6 is 0 Å². The average Bonchev–Trinajstić information content (AvgIpc) is 2.92. The summed E-state index contributed by atoms with van der Waals surface area (Å²) < 4.78 is 27.8. The molecule has 1 aromatic carbocycles. The quantitative estimate of drug-likeness (QED) is 0.543. The molecule has 2 N–H and O–H groups in total. The Bertz CT molecular complexity index is 959. The second kappa shape index (κ2) is 8.74. The maximum Gasteiger partial charge on any atom is 0.293 e. The van der Waals surface area contributed by atoms with Crippen molar-refractivity contribution in [2.75, 3.05) is 18.0 Å².